The van der Waals surface area contributed by atoms with E-state index < -0.39 is 34.1 Å². The Morgan fingerprint density at radius 2 is 1.45 bits per heavy atom. The molecule has 3 aromatic carbocycles. The van der Waals surface area contributed by atoms with Crippen LogP contribution >= 0.6 is 0 Å². The van der Waals surface area contributed by atoms with Crippen molar-refractivity contribution in [3.63, 3.8) is 0 Å². The molecule has 1 atom stereocenters. The Morgan fingerprint density at radius 3 is 2.00 bits per heavy atom. The molecule has 226 valence electrons. The number of benzene rings is 3. The summed E-state index contributed by atoms with van der Waals surface area (Å²) in [6, 6.07) is 20.1. The molecule has 0 aliphatic carbocycles. The molecule has 0 saturated carbocycles. The summed E-state index contributed by atoms with van der Waals surface area (Å²) in [4.78, 5) is 29.3. The molecule has 0 aliphatic heterocycles. The van der Waals surface area contributed by atoms with Gasteiger partial charge in [0.25, 0.3) is 10.0 Å². The number of rotatable bonds is 12. The molecule has 1 N–H and O–H groups in total. The van der Waals surface area contributed by atoms with Crippen molar-refractivity contribution in [2.75, 3.05) is 17.5 Å². The van der Waals surface area contributed by atoms with Crippen molar-refractivity contribution >= 4 is 27.5 Å². The Hall–Kier alpha value is -3.85. The minimum atomic E-state index is -4.19. The lowest BCUT2D eigenvalue weighted by atomic mass is 10.1. The third-order valence-corrected chi connectivity index (χ3v) is 8.45. The molecule has 3 rings (SSSR count). The van der Waals surface area contributed by atoms with E-state index in [4.69, 9.17) is 4.74 Å². The molecule has 8 nitrogen and oxygen atoms in total. The number of carbonyl (C=O) groups excluding carboxylic acids is 2. The van der Waals surface area contributed by atoms with Gasteiger partial charge in [0, 0.05) is 12.1 Å². The number of para-hydroxylation sites is 2. The van der Waals surface area contributed by atoms with E-state index in [2.05, 4.69) is 5.32 Å². The zero-order valence-electron chi connectivity index (χ0n) is 25.7. The van der Waals surface area contributed by atoms with Crippen molar-refractivity contribution in [3.8, 4) is 5.75 Å². The van der Waals surface area contributed by atoms with Gasteiger partial charge < -0.3 is 15.0 Å². The molecule has 0 unspecified atom stereocenters. The van der Waals surface area contributed by atoms with Crippen molar-refractivity contribution in [3.05, 3.63) is 89.5 Å². The molecule has 0 spiro atoms. The van der Waals surface area contributed by atoms with Gasteiger partial charge in [0.1, 0.15) is 18.3 Å². The second kappa shape index (κ2) is 13.9. The van der Waals surface area contributed by atoms with E-state index in [9.17, 15) is 18.0 Å². The van der Waals surface area contributed by atoms with E-state index in [1.54, 1.807) is 36.4 Å². The van der Waals surface area contributed by atoms with E-state index >= 15 is 0 Å². The van der Waals surface area contributed by atoms with E-state index in [1.165, 1.54) is 17.0 Å². The van der Waals surface area contributed by atoms with Gasteiger partial charge in [-0.2, -0.15) is 0 Å². The highest BCUT2D eigenvalue weighted by molar-refractivity contribution is 7.92. The van der Waals surface area contributed by atoms with Gasteiger partial charge in [-0.1, -0.05) is 66.6 Å². The quantitative estimate of drug-likeness (QED) is 0.294. The Kier molecular flexibility index (Phi) is 10.8. The van der Waals surface area contributed by atoms with Crippen LogP contribution in [0, 0.1) is 13.8 Å². The summed E-state index contributed by atoms with van der Waals surface area (Å²) in [5.41, 5.74) is 2.54. The number of anilines is 1. The number of carbonyl (C=O) groups is 2. The first-order valence-corrected chi connectivity index (χ1v) is 15.7. The molecule has 42 heavy (non-hydrogen) atoms. The number of ether oxygens (including phenoxy) is 1. The first kappa shape index (κ1) is 32.7. The Labute approximate surface area is 250 Å². The van der Waals surface area contributed by atoms with E-state index in [-0.39, 0.29) is 23.0 Å². The summed E-state index contributed by atoms with van der Waals surface area (Å²) >= 11 is 0. The van der Waals surface area contributed by atoms with Crippen LogP contribution in [-0.2, 0) is 26.2 Å². The highest BCUT2D eigenvalue weighted by atomic mass is 32.2. The van der Waals surface area contributed by atoms with Gasteiger partial charge in [0.05, 0.1) is 17.2 Å². The largest absolute Gasteiger partial charge is 0.492 e. The third kappa shape index (κ3) is 8.35. The van der Waals surface area contributed by atoms with Crippen molar-refractivity contribution in [1.29, 1.82) is 0 Å². The molecule has 0 aromatic heterocycles. The minimum absolute atomic E-state index is 0.0507. The van der Waals surface area contributed by atoms with Gasteiger partial charge in [-0.15, -0.1) is 0 Å². The van der Waals surface area contributed by atoms with Crippen molar-refractivity contribution in [2.45, 2.75) is 77.9 Å². The second-order valence-corrected chi connectivity index (χ2v) is 13.3. The lowest BCUT2D eigenvalue weighted by molar-refractivity contribution is -0.141. The molecule has 0 bridgehead atoms. The van der Waals surface area contributed by atoms with Gasteiger partial charge in [0.2, 0.25) is 11.8 Å². The van der Waals surface area contributed by atoms with Crippen LogP contribution in [0.25, 0.3) is 0 Å². The number of nitrogens with one attached hydrogen (secondary N) is 1. The summed E-state index contributed by atoms with van der Waals surface area (Å²) < 4.78 is 35.1. The van der Waals surface area contributed by atoms with E-state index in [1.807, 2.05) is 72.7 Å². The number of sulfonamides is 1. The Bertz CT molecular complexity index is 1460. The van der Waals surface area contributed by atoms with Gasteiger partial charge >= 0.3 is 0 Å². The summed E-state index contributed by atoms with van der Waals surface area (Å²) in [7, 11) is -4.19. The highest BCUT2D eigenvalue weighted by Crippen LogP contribution is 2.33. The topological polar surface area (TPSA) is 96.0 Å². The van der Waals surface area contributed by atoms with Crippen molar-refractivity contribution in [1.82, 2.24) is 10.2 Å². The first-order chi connectivity index (χ1) is 19.8. The highest BCUT2D eigenvalue weighted by Gasteiger charge is 2.35. The number of nitrogens with zero attached hydrogens (tertiary/aromatic N) is 2. The average molecular weight is 594 g/mol. The van der Waals surface area contributed by atoms with Crippen LogP contribution in [0.15, 0.2) is 77.7 Å². The molecule has 3 aromatic rings. The molecular weight excluding hydrogens is 550 g/mol. The van der Waals surface area contributed by atoms with Crippen LogP contribution in [0.3, 0.4) is 0 Å². The Morgan fingerprint density at radius 1 is 0.881 bits per heavy atom. The van der Waals surface area contributed by atoms with Crippen LogP contribution < -0.4 is 14.4 Å². The van der Waals surface area contributed by atoms with Crippen LogP contribution in [0.4, 0.5) is 5.69 Å². The van der Waals surface area contributed by atoms with Crippen molar-refractivity contribution in [2.24, 2.45) is 0 Å². The molecule has 2 amide bonds. The molecule has 0 saturated heterocycles. The smallest absolute Gasteiger partial charge is 0.264 e. The molecule has 0 fully saturated rings. The van der Waals surface area contributed by atoms with Gasteiger partial charge in [-0.25, -0.2) is 8.42 Å². The Balaban J connectivity index is 2.12. The predicted octanol–water partition coefficient (Wildman–Crippen LogP) is 5.62. The van der Waals surface area contributed by atoms with Crippen LogP contribution in [0.2, 0.25) is 0 Å². The maximum atomic E-state index is 14.3. The first-order valence-electron chi connectivity index (χ1n) is 14.2. The summed E-state index contributed by atoms with van der Waals surface area (Å²) in [5, 5.41) is 2.99. The average Bonchev–Trinajstić information content (AvgIpc) is 2.92. The summed E-state index contributed by atoms with van der Waals surface area (Å²) in [6.07, 6.45) is 0.347. The van der Waals surface area contributed by atoms with Crippen molar-refractivity contribution < 1.29 is 22.7 Å². The molecule has 0 heterocycles. The van der Waals surface area contributed by atoms with Crippen LogP contribution in [0.5, 0.6) is 5.75 Å². The lowest BCUT2D eigenvalue weighted by Gasteiger charge is -2.35. The fraction of sp³-hybridized carbons (Fsp3) is 0.394. The van der Waals surface area contributed by atoms with Gasteiger partial charge in [0.15, 0.2) is 0 Å². The molecule has 9 heteroatoms. The predicted molar refractivity (Wildman–Crippen MR) is 167 cm³/mol. The summed E-state index contributed by atoms with van der Waals surface area (Å²) in [6.45, 7) is 13.1. The standard InChI is InChI=1S/C33H43N3O5S/c1-8-28(32(38)34-33(5,6)7)35(22-26-18-14-24(3)15-19-26)31(37)23-36(29-12-10-11-13-30(29)41-9-2)42(39,40)27-20-16-25(4)17-21-27/h10-21,28H,8-9,22-23H2,1-7H3,(H,34,38)/t28-/m0/s1. The van der Waals surface area contributed by atoms with Gasteiger partial charge in [-0.05, 0) is 77.8 Å². The van der Waals surface area contributed by atoms with E-state index in [0.29, 0.717) is 18.8 Å². The number of amides is 2. The maximum Gasteiger partial charge on any atom is 0.264 e. The fourth-order valence-electron chi connectivity index (χ4n) is 4.55. The minimum Gasteiger partial charge on any atom is -0.492 e. The van der Waals surface area contributed by atoms with Crippen LogP contribution in [0.1, 0.15) is 57.7 Å². The third-order valence-electron chi connectivity index (χ3n) is 6.68. The monoisotopic (exact) mass is 593 g/mol. The van der Waals surface area contributed by atoms with Crippen LogP contribution in [-0.4, -0.2) is 49.9 Å². The van der Waals surface area contributed by atoms with E-state index in [0.717, 1.165) is 21.0 Å². The summed E-state index contributed by atoms with van der Waals surface area (Å²) in [5.74, 6) is -0.465. The number of hydrogen-bond acceptors (Lipinski definition) is 5. The fourth-order valence-corrected chi connectivity index (χ4v) is 5.98. The maximum absolute atomic E-state index is 14.3. The number of aryl methyl sites for hydroxylation is 2. The SMILES string of the molecule is CCOc1ccccc1N(CC(=O)N(Cc1ccc(C)cc1)[C@@H](CC)C(=O)NC(C)(C)C)S(=O)(=O)c1ccc(C)cc1. The molecule has 0 radical (unpaired) electrons. The zero-order chi connectivity index (χ0) is 31.1. The molecular formula is C33H43N3O5S. The lowest BCUT2D eigenvalue weighted by Crippen LogP contribution is -2.55. The second-order valence-electron chi connectivity index (χ2n) is 11.4. The van der Waals surface area contributed by atoms with Gasteiger partial charge in [-0.3, -0.25) is 13.9 Å². The molecule has 0 aliphatic rings. The number of hydrogen-bond donors (Lipinski definition) is 1. The zero-order valence-corrected chi connectivity index (χ0v) is 26.5. The normalized spacial score (nSPS) is 12.4.